The number of phenols is 1. The Morgan fingerprint density at radius 1 is 0.793 bits per heavy atom. The second-order valence-corrected chi connectivity index (χ2v) is 8.68. The molecule has 3 rings (SSSR count). The normalized spacial score (nSPS) is 11.6. The first-order valence-corrected chi connectivity index (χ1v) is 11.2. The van der Waals surface area contributed by atoms with Crippen LogP contribution in [0, 0.1) is 0 Å². The predicted octanol–water partition coefficient (Wildman–Crippen LogP) is 8.01. The fourth-order valence-corrected chi connectivity index (χ4v) is 3.98. The third-order valence-corrected chi connectivity index (χ3v) is 6.88. The van der Waals surface area contributed by atoms with Crippen molar-refractivity contribution in [2.75, 3.05) is 0 Å². The van der Waals surface area contributed by atoms with Crippen LogP contribution in [0.3, 0.4) is 0 Å². The SMILES string of the molecule is CCCCc1ccc(-c2cc(C(S)(CC)CC)cc(-c3ccccc3)c2O)cc1. The van der Waals surface area contributed by atoms with E-state index in [2.05, 4.69) is 69.3 Å². The molecular weight excluding hydrogens is 372 g/mol. The predicted molar refractivity (Wildman–Crippen MR) is 129 cm³/mol. The summed E-state index contributed by atoms with van der Waals surface area (Å²) in [7, 11) is 0. The molecule has 0 atom stereocenters. The summed E-state index contributed by atoms with van der Waals surface area (Å²) in [4.78, 5) is 0. The standard InChI is InChI=1S/C27H32OS/c1-4-7-11-20-14-16-22(17-15-20)25-19-23(27(29,5-2)6-3)18-24(26(25)28)21-12-9-8-10-13-21/h8-10,12-19,28-29H,4-7,11H2,1-3H3. The molecule has 3 aromatic rings. The lowest BCUT2D eigenvalue weighted by Crippen LogP contribution is -2.16. The van der Waals surface area contributed by atoms with Crippen LogP contribution >= 0.6 is 12.6 Å². The van der Waals surface area contributed by atoms with Gasteiger partial charge in [-0.1, -0.05) is 81.8 Å². The fraction of sp³-hybridized carbons (Fsp3) is 0.333. The molecule has 152 valence electrons. The largest absolute Gasteiger partial charge is 0.507 e. The van der Waals surface area contributed by atoms with Gasteiger partial charge in [0.2, 0.25) is 0 Å². The van der Waals surface area contributed by atoms with E-state index in [1.807, 2.05) is 18.2 Å². The Morgan fingerprint density at radius 3 is 1.86 bits per heavy atom. The lowest BCUT2D eigenvalue weighted by molar-refractivity contribution is 0.478. The van der Waals surface area contributed by atoms with Gasteiger partial charge in [0.25, 0.3) is 0 Å². The van der Waals surface area contributed by atoms with Crippen LogP contribution in [0.4, 0.5) is 0 Å². The van der Waals surface area contributed by atoms with Gasteiger partial charge in [-0.05, 0) is 60.1 Å². The van der Waals surface area contributed by atoms with E-state index in [0.29, 0.717) is 5.75 Å². The van der Waals surface area contributed by atoms with E-state index < -0.39 is 0 Å². The molecule has 0 heterocycles. The first kappa shape index (κ1) is 21.5. The third-order valence-electron chi connectivity index (χ3n) is 5.99. The van der Waals surface area contributed by atoms with Gasteiger partial charge in [-0.2, -0.15) is 12.6 Å². The molecule has 2 heteroatoms. The average Bonchev–Trinajstić information content (AvgIpc) is 2.78. The Labute approximate surface area is 181 Å². The minimum absolute atomic E-state index is 0.215. The molecule has 0 fully saturated rings. The van der Waals surface area contributed by atoms with E-state index in [4.69, 9.17) is 12.6 Å². The molecule has 0 spiro atoms. The summed E-state index contributed by atoms with van der Waals surface area (Å²) >= 11 is 5.03. The molecule has 0 aliphatic rings. The van der Waals surface area contributed by atoms with Crippen LogP contribution in [0.5, 0.6) is 5.75 Å². The summed E-state index contributed by atoms with van der Waals surface area (Å²) in [5.41, 5.74) is 6.32. The molecule has 0 radical (unpaired) electrons. The van der Waals surface area contributed by atoms with E-state index in [1.54, 1.807) is 0 Å². The molecular formula is C27H32OS. The van der Waals surface area contributed by atoms with Crippen molar-refractivity contribution < 1.29 is 5.11 Å². The Hall–Kier alpha value is -2.19. The van der Waals surface area contributed by atoms with Crippen LogP contribution in [0.1, 0.15) is 57.6 Å². The number of rotatable bonds is 8. The van der Waals surface area contributed by atoms with E-state index in [1.165, 1.54) is 18.4 Å². The van der Waals surface area contributed by atoms with Crippen molar-refractivity contribution in [2.24, 2.45) is 0 Å². The number of phenolic OH excluding ortho intramolecular Hbond substituents is 1. The lowest BCUT2D eigenvalue weighted by Gasteiger charge is -2.28. The number of aryl methyl sites for hydroxylation is 1. The van der Waals surface area contributed by atoms with Crippen LogP contribution in [0.2, 0.25) is 0 Å². The molecule has 0 aliphatic heterocycles. The van der Waals surface area contributed by atoms with E-state index in [-0.39, 0.29) is 4.75 Å². The Bertz CT molecular complexity index is 925. The van der Waals surface area contributed by atoms with Gasteiger partial charge in [0, 0.05) is 15.9 Å². The first-order chi connectivity index (χ1) is 14.0. The van der Waals surface area contributed by atoms with Gasteiger partial charge in [-0.3, -0.25) is 0 Å². The maximum absolute atomic E-state index is 11.2. The van der Waals surface area contributed by atoms with Crippen molar-refractivity contribution in [2.45, 2.75) is 57.6 Å². The molecule has 29 heavy (non-hydrogen) atoms. The van der Waals surface area contributed by atoms with Crippen molar-refractivity contribution in [3.8, 4) is 28.0 Å². The van der Waals surface area contributed by atoms with Gasteiger partial charge in [0.05, 0.1) is 0 Å². The first-order valence-electron chi connectivity index (χ1n) is 10.8. The van der Waals surface area contributed by atoms with E-state index >= 15 is 0 Å². The molecule has 0 bridgehead atoms. The lowest BCUT2D eigenvalue weighted by atomic mass is 9.86. The molecule has 0 unspecified atom stereocenters. The summed E-state index contributed by atoms with van der Waals surface area (Å²) in [6.07, 6.45) is 5.36. The Balaban J connectivity index is 2.15. The maximum Gasteiger partial charge on any atom is 0.131 e. The van der Waals surface area contributed by atoms with Crippen molar-refractivity contribution >= 4 is 12.6 Å². The topological polar surface area (TPSA) is 20.2 Å². The van der Waals surface area contributed by atoms with Crippen LogP contribution in [0.25, 0.3) is 22.3 Å². The molecule has 0 aliphatic carbocycles. The number of aromatic hydroxyl groups is 1. The average molecular weight is 405 g/mol. The van der Waals surface area contributed by atoms with Gasteiger partial charge < -0.3 is 5.11 Å². The zero-order chi connectivity index (χ0) is 20.9. The monoisotopic (exact) mass is 404 g/mol. The highest BCUT2D eigenvalue weighted by molar-refractivity contribution is 7.81. The Morgan fingerprint density at radius 2 is 1.34 bits per heavy atom. The Kier molecular flexibility index (Phi) is 7.08. The number of hydrogen-bond acceptors (Lipinski definition) is 2. The molecule has 0 aromatic heterocycles. The highest BCUT2D eigenvalue weighted by Crippen LogP contribution is 2.45. The minimum Gasteiger partial charge on any atom is -0.507 e. The smallest absolute Gasteiger partial charge is 0.131 e. The van der Waals surface area contributed by atoms with Crippen molar-refractivity contribution in [3.05, 3.63) is 77.9 Å². The fourth-order valence-electron chi connectivity index (χ4n) is 3.85. The van der Waals surface area contributed by atoms with Crippen molar-refractivity contribution in [3.63, 3.8) is 0 Å². The van der Waals surface area contributed by atoms with E-state index in [0.717, 1.165) is 47.1 Å². The molecule has 1 N–H and O–H groups in total. The number of hydrogen-bond donors (Lipinski definition) is 2. The van der Waals surface area contributed by atoms with Crippen LogP contribution < -0.4 is 0 Å². The van der Waals surface area contributed by atoms with Gasteiger partial charge in [0.15, 0.2) is 0 Å². The van der Waals surface area contributed by atoms with Gasteiger partial charge in [-0.25, -0.2) is 0 Å². The highest BCUT2D eigenvalue weighted by atomic mass is 32.1. The minimum atomic E-state index is -0.215. The highest BCUT2D eigenvalue weighted by Gasteiger charge is 2.26. The molecule has 3 aromatic carbocycles. The van der Waals surface area contributed by atoms with Crippen LogP contribution in [0.15, 0.2) is 66.7 Å². The quantitative estimate of drug-likeness (QED) is 0.364. The number of unbranched alkanes of at least 4 members (excludes halogenated alkanes) is 1. The van der Waals surface area contributed by atoms with Crippen LogP contribution in [-0.2, 0) is 11.2 Å². The van der Waals surface area contributed by atoms with Crippen molar-refractivity contribution in [1.29, 1.82) is 0 Å². The zero-order valence-electron chi connectivity index (χ0n) is 17.8. The summed E-state index contributed by atoms with van der Waals surface area (Å²) in [5.74, 6) is 0.337. The zero-order valence-corrected chi connectivity index (χ0v) is 18.7. The second-order valence-electron chi connectivity index (χ2n) is 7.83. The van der Waals surface area contributed by atoms with Crippen molar-refractivity contribution in [1.82, 2.24) is 0 Å². The van der Waals surface area contributed by atoms with Crippen LogP contribution in [-0.4, -0.2) is 5.11 Å². The second kappa shape index (κ2) is 9.54. The molecule has 1 nitrogen and oxygen atoms in total. The van der Waals surface area contributed by atoms with Gasteiger partial charge >= 0.3 is 0 Å². The van der Waals surface area contributed by atoms with Gasteiger partial charge in [-0.15, -0.1) is 0 Å². The summed E-state index contributed by atoms with van der Waals surface area (Å²) < 4.78 is -0.215. The molecule has 0 amide bonds. The number of thiol groups is 1. The maximum atomic E-state index is 11.2. The van der Waals surface area contributed by atoms with Gasteiger partial charge in [0.1, 0.15) is 5.75 Å². The van der Waals surface area contributed by atoms with E-state index in [9.17, 15) is 5.11 Å². The summed E-state index contributed by atoms with van der Waals surface area (Å²) in [5, 5.41) is 11.2. The molecule has 0 saturated heterocycles. The summed E-state index contributed by atoms with van der Waals surface area (Å²) in [6, 6.07) is 23.0. The molecule has 0 saturated carbocycles. The third kappa shape index (κ3) is 4.70. The summed E-state index contributed by atoms with van der Waals surface area (Å²) in [6.45, 7) is 6.57. The number of benzene rings is 3.